The van der Waals surface area contributed by atoms with Gasteiger partial charge in [-0.25, -0.2) is 0 Å². The molecule has 0 radical (unpaired) electrons. The molecule has 2 aromatic carbocycles. The smallest absolute Gasteiger partial charge is 0.115 e. The first-order chi connectivity index (χ1) is 9.20. The number of nitrogens with two attached hydrogens (primary N) is 1. The lowest BCUT2D eigenvalue weighted by Gasteiger charge is -2.31. The van der Waals surface area contributed by atoms with Crippen molar-refractivity contribution in [2.75, 3.05) is 13.2 Å². The maximum atomic E-state index is 9.82. The summed E-state index contributed by atoms with van der Waals surface area (Å²) in [5, 5.41) is 19.1. The molecule has 3 heteroatoms. The van der Waals surface area contributed by atoms with Gasteiger partial charge < -0.3 is 15.9 Å². The van der Waals surface area contributed by atoms with Crippen LogP contribution in [0.25, 0.3) is 0 Å². The zero-order valence-corrected chi connectivity index (χ0v) is 10.8. The van der Waals surface area contributed by atoms with E-state index >= 15 is 0 Å². The number of phenols is 1. The number of aliphatic hydroxyl groups excluding tert-OH is 1. The van der Waals surface area contributed by atoms with Crippen LogP contribution in [0, 0.1) is 0 Å². The summed E-state index contributed by atoms with van der Waals surface area (Å²) in [5.41, 5.74) is 7.52. The van der Waals surface area contributed by atoms with Gasteiger partial charge in [0.25, 0.3) is 0 Å². The van der Waals surface area contributed by atoms with Gasteiger partial charge in [0.05, 0.1) is 6.61 Å². The summed E-state index contributed by atoms with van der Waals surface area (Å²) in [6.45, 7) is 0.364. The molecule has 2 rings (SSSR count). The maximum Gasteiger partial charge on any atom is 0.115 e. The molecule has 3 nitrogen and oxygen atoms in total. The van der Waals surface area contributed by atoms with E-state index in [1.807, 2.05) is 42.5 Å². The highest BCUT2D eigenvalue weighted by Gasteiger charge is 2.30. The molecule has 0 spiro atoms. The third kappa shape index (κ3) is 2.95. The first kappa shape index (κ1) is 13.6. The van der Waals surface area contributed by atoms with Crippen molar-refractivity contribution in [2.45, 2.75) is 11.8 Å². The lowest BCUT2D eigenvalue weighted by molar-refractivity contribution is 0.196. The number of aromatic hydroxyl groups is 1. The van der Waals surface area contributed by atoms with Crippen molar-refractivity contribution in [3.8, 4) is 5.75 Å². The highest BCUT2D eigenvalue weighted by Crippen LogP contribution is 2.28. The standard InChI is InChI=1S/C16H19NO2/c17-11-16(12-18,14-4-2-1-3-5-14)10-13-6-8-15(19)9-7-13/h1-9,18-19H,10-12,17H2. The van der Waals surface area contributed by atoms with Crippen LogP contribution >= 0.6 is 0 Å². The van der Waals surface area contributed by atoms with Crippen LogP contribution in [0.4, 0.5) is 0 Å². The second-order valence-electron chi connectivity index (χ2n) is 4.85. The van der Waals surface area contributed by atoms with Gasteiger partial charge in [0, 0.05) is 12.0 Å². The molecule has 0 aliphatic heterocycles. The van der Waals surface area contributed by atoms with Crippen LogP contribution in [0.15, 0.2) is 54.6 Å². The van der Waals surface area contributed by atoms with E-state index in [9.17, 15) is 10.2 Å². The van der Waals surface area contributed by atoms with Crippen LogP contribution in [0.5, 0.6) is 5.75 Å². The average Bonchev–Trinajstić information content (AvgIpc) is 2.48. The van der Waals surface area contributed by atoms with E-state index in [0.717, 1.165) is 11.1 Å². The number of hydrogen-bond donors (Lipinski definition) is 3. The number of aliphatic hydroxyl groups is 1. The van der Waals surface area contributed by atoms with E-state index in [4.69, 9.17) is 5.73 Å². The molecule has 0 heterocycles. The Labute approximate surface area is 113 Å². The molecule has 1 atom stereocenters. The average molecular weight is 257 g/mol. The molecule has 0 aromatic heterocycles. The zero-order chi connectivity index (χ0) is 13.7. The zero-order valence-electron chi connectivity index (χ0n) is 10.8. The number of rotatable bonds is 5. The van der Waals surface area contributed by atoms with E-state index in [-0.39, 0.29) is 12.4 Å². The SMILES string of the molecule is NCC(CO)(Cc1ccc(O)cc1)c1ccccc1. The van der Waals surface area contributed by atoms with E-state index in [2.05, 4.69) is 0 Å². The lowest BCUT2D eigenvalue weighted by Crippen LogP contribution is -2.41. The topological polar surface area (TPSA) is 66.5 Å². The summed E-state index contributed by atoms with van der Waals surface area (Å²) in [6, 6.07) is 16.8. The normalized spacial score (nSPS) is 14.0. The Morgan fingerprint density at radius 2 is 1.58 bits per heavy atom. The quantitative estimate of drug-likeness (QED) is 0.765. The molecule has 4 N–H and O–H groups in total. The minimum absolute atomic E-state index is 0.00557. The molecule has 0 bridgehead atoms. The number of benzene rings is 2. The first-order valence-corrected chi connectivity index (χ1v) is 6.34. The fourth-order valence-electron chi connectivity index (χ4n) is 2.30. The third-order valence-corrected chi connectivity index (χ3v) is 3.56. The molecule has 1 unspecified atom stereocenters. The minimum atomic E-state index is -0.474. The lowest BCUT2D eigenvalue weighted by atomic mass is 9.76. The summed E-state index contributed by atoms with van der Waals surface area (Å²) in [5.74, 6) is 0.241. The van der Waals surface area contributed by atoms with Crippen LogP contribution < -0.4 is 5.73 Å². The molecule has 0 aliphatic rings. The fraction of sp³-hybridized carbons (Fsp3) is 0.250. The van der Waals surface area contributed by atoms with Gasteiger partial charge in [-0.05, 0) is 29.7 Å². The van der Waals surface area contributed by atoms with Crippen molar-refractivity contribution in [1.29, 1.82) is 0 Å². The van der Waals surface area contributed by atoms with Gasteiger partial charge in [-0.1, -0.05) is 42.5 Å². The van der Waals surface area contributed by atoms with Crippen molar-refractivity contribution >= 4 is 0 Å². The van der Waals surface area contributed by atoms with Crippen LogP contribution in [0.1, 0.15) is 11.1 Å². The Hall–Kier alpha value is -1.84. The second kappa shape index (κ2) is 5.87. The van der Waals surface area contributed by atoms with E-state index in [1.165, 1.54) is 0 Å². The van der Waals surface area contributed by atoms with Crippen LogP contribution in [-0.2, 0) is 11.8 Å². The molecule has 100 valence electrons. The summed E-state index contributed by atoms with van der Waals surface area (Å²) in [7, 11) is 0. The third-order valence-electron chi connectivity index (χ3n) is 3.56. The predicted molar refractivity (Wildman–Crippen MR) is 76.1 cm³/mol. The predicted octanol–water partition coefficient (Wildman–Crippen LogP) is 1.82. The molecule has 0 fully saturated rings. The molecular formula is C16H19NO2. The van der Waals surface area contributed by atoms with Crippen LogP contribution in [0.3, 0.4) is 0 Å². The molecule has 2 aromatic rings. The van der Waals surface area contributed by atoms with Crippen LogP contribution in [0.2, 0.25) is 0 Å². The minimum Gasteiger partial charge on any atom is -0.508 e. The van der Waals surface area contributed by atoms with Crippen molar-refractivity contribution in [3.63, 3.8) is 0 Å². The Bertz CT molecular complexity index is 504. The van der Waals surface area contributed by atoms with E-state index in [0.29, 0.717) is 13.0 Å². The first-order valence-electron chi connectivity index (χ1n) is 6.34. The molecule has 0 saturated heterocycles. The fourth-order valence-corrected chi connectivity index (χ4v) is 2.30. The van der Waals surface area contributed by atoms with Gasteiger partial charge >= 0.3 is 0 Å². The Balaban J connectivity index is 2.32. The summed E-state index contributed by atoms with van der Waals surface area (Å²) in [6.07, 6.45) is 0.643. The van der Waals surface area contributed by atoms with Crippen molar-refractivity contribution in [2.24, 2.45) is 5.73 Å². The Kier molecular flexibility index (Phi) is 4.20. The number of phenolic OH excluding ortho intramolecular Hbond substituents is 1. The van der Waals surface area contributed by atoms with E-state index in [1.54, 1.807) is 12.1 Å². The molecule has 0 saturated carbocycles. The highest BCUT2D eigenvalue weighted by molar-refractivity contribution is 5.32. The summed E-state index contributed by atoms with van der Waals surface area (Å²) < 4.78 is 0. The second-order valence-corrected chi connectivity index (χ2v) is 4.85. The number of hydrogen-bond acceptors (Lipinski definition) is 3. The van der Waals surface area contributed by atoms with Gasteiger partial charge in [0.1, 0.15) is 5.75 Å². The molecular weight excluding hydrogens is 238 g/mol. The van der Waals surface area contributed by atoms with Gasteiger partial charge in [-0.2, -0.15) is 0 Å². The molecule has 0 amide bonds. The molecule has 19 heavy (non-hydrogen) atoms. The van der Waals surface area contributed by atoms with Gasteiger partial charge in [0.2, 0.25) is 0 Å². The monoisotopic (exact) mass is 257 g/mol. The van der Waals surface area contributed by atoms with Crippen LogP contribution in [-0.4, -0.2) is 23.4 Å². The van der Waals surface area contributed by atoms with E-state index < -0.39 is 5.41 Å². The summed E-state index contributed by atoms with van der Waals surface area (Å²) >= 11 is 0. The Morgan fingerprint density at radius 1 is 0.947 bits per heavy atom. The van der Waals surface area contributed by atoms with Crippen molar-refractivity contribution in [1.82, 2.24) is 0 Å². The summed E-state index contributed by atoms with van der Waals surface area (Å²) in [4.78, 5) is 0. The van der Waals surface area contributed by atoms with Crippen molar-refractivity contribution < 1.29 is 10.2 Å². The Morgan fingerprint density at radius 3 is 2.11 bits per heavy atom. The van der Waals surface area contributed by atoms with Gasteiger partial charge in [-0.3, -0.25) is 0 Å². The highest BCUT2D eigenvalue weighted by atomic mass is 16.3. The van der Waals surface area contributed by atoms with Crippen molar-refractivity contribution in [3.05, 3.63) is 65.7 Å². The largest absolute Gasteiger partial charge is 0.508 e. The van der Waals surface area contributed by atoms with Gasteiger partial charge in [0.15, 0.2) is 0 Å². The molecule has 0 aliphatic carbocycles. The van der Waals surface area contributed by atoms with Gasteiger partial charge in [-0.15, -0.1) is 0 Å². The maximum absolute atomic E-state index is 9.82.